The number of anilines is 1. The zero-order chi connectivity index (χ0) is 23.2. The lowest BCUT2D eigenvalue weighted by Gasteiger charge is -2.16. The van der Waals surface area contributed by atoms with E-state index in [2.05, 4.69) is 15.6 Å². The average Bonchev–Trinajstić information content (AvgIpc) is 2.84. The van der Waals surface area contributed by atoms with Crippen LogP contribution in [-0.2, 0) is 11.2 Å². The van der Waals surface area contributed by atoms with Gasteiger partial charge in [0.15, 0.2) is 0 Å². The molecule has 2 amide bonds. The standard InChI is InChI=1S/C26H21N3O4/c30-24(29-23(26(32)33)16-17-8-2-1-3-9-17)19-11-5-7-13-21(19)28-25(31)22-15-14-18-10-4-6-12-20(18)27-22/h1-15,23H,16H2,(H,28,31)(H,29,30)(H,32,33). The van der Waals surface area contributed by atoms with Gasteiger partial charge in [-0.3, -0.25) is 9.59 Å². The van der Waals surface area contributed by atoms with Crippen LogP contribution in [0, 0.1) is 0 Å². The Bertz CT molecular complexity index is 1320. The number of carbonyl (C=O) groups is 3. The summed E-state index contributed by atoms with van der Waals surface area (Å²) in [6.45, 7) is 0. The summed E-state index contributed by atoms with van der Waals surface area (Å²) in [5.74, 6) is -2.21. The van der Waals surface area contributed by atoms with Gasteiger partial charge in [0.2, 0.25) is 0 Å². The van der Waals surface area contributed by atoms with Crippen molar-refractivity contribution in [3.05, 3.63) is 108 Å². The van der Waals surface area contributed by atoms with Gasteiger partial charge in [0.1, 0.15) is 11.7 Å². The second-order valence-electron chi connectivity index (χ2n) is 7.44. The van der Waals surface area contributed by atoms with Gasteiger partial charge < -0.3 is 15.7 Å². The number of hydrogen-bond acceptors (Lipinski definition) is 4. The number of nitrogens with zero attached hydrogens (tertiary/aromatic N) is 1. The van der Waals surface area contributed by atoms with Crippen LogP contribution in [0.5, 0.6) is 0 Å². The number of fused-ring (bicyclic) bond motifs is 1. The second kappa shape index (κ2) is 9.74. The molecule has 4 rings (SSSR count). The number of rotatable bonds is 7. The third-order valence-corrected chi connectivity index (χ3v) is 5.14. The summed E-state index contributed by atoms with van der Waals surface area (Å²) >= 11 is 0. The Morgan fingerprint density at radius 1 is 0.788 bits per heavy atom. The summed E-state index contributed by atoms with van der Waals surface area (Å²) in [7, 11) is 0. The largest absolute Gasteiger partial charge is 0.480 e. The fourth-order valence-electron chi connectivity index (χ4n) is 3.45. The number of hydrogen-bond donors (Lipinski definition) is 3. The van der Waals surface area contributed by atoms with Crippen molar-refractivity contribution in [3.63, 3.8) is 0 Å². The predicted octanol–water partition coefficient (Wildman–Crippen LogP) is 3.91. The highest BCUT2D eigenvalue weighted by atomic mass is 16.4. The molecule has 0 spiro atoms. The van der Waals surface area contributed by atoms with Gasteiger partial charge in [-0.15, -0.1) is 0 Å². The van der Waals surface area contributed by atoms with Crippen molar-refractivity contribution in [2.45, 2.75) is 12.5 Å². The maximum Gasteiger partial charge on any atom is 0.326 e. The van der Waals surface area contributed by atoms with Crippen LogP contribution in [0.3, 0.4) is 0 Å². The molecule has 0 aliphatic heterocycles. The van der Waals surface area contributed by atoms with E-state index in [1.54, 1.807) is 42.5 Å². The van der Waals surface area contributed by atoms with Gasteiger partial charge >= 0.3 is 5.97 Å². The van der Waals surface area contributed by atoms with Crippen molar-refractivity contribution in [1.82, 2.24) is 10.3 Å². The topological polar surface area (TPSA) is 108 Å². The molecule has 0 radical (unpaired) electrons. The number of carboxylic acid groups (broad SMARTS) is 1. The van der Waals surface area contributed by atoms with Crippen LogP contribution >= 0.6 is 0 Å². The van der Waals surface area contributed by atoms with Crippen molar-refractivity contribution < 1.29 is 19.5 Å². The van der Waals surface area contributed by atoms with Gasteiger partial charge in [-0.2, -0.15) is 0 Å². The Balaban J connectivity index is 1.52. The Morgan fingerprint density at radius 2 is 1.48 bits per heavy atom. The summed E-state index contributed by atoms with van der Waals surface area (Å²) in [5, 5.41) is 15.8. The molecule has 3 aromatic carbocycles. The number of pyridine rings is 1. The Kier molecular flexibility index (Phi) is 6.40. The quantitative estimate of drug-likeness (QED) is 0.405. The molecule has 0 aliphatic rings. The first-order valence-electron chi connectivity index (χ1n) is 10.3. The molecular formula is C26H21N3O4. The number of carbonyl (C=O) groups excluding carboxylic acids is 2. The Morgan fingerprint density at radius 3 is 2.27 bits per heavy atom. The normalized spacial score (nSPS) is 11.5. The maximum atomic E-state index is 12.9. The van der Waals surface area contributed by atoms with Crippen LogP contribution in [0.25, 0.3) is 10.9 Å². The van der Waals surface area contributed by atoms with Crippen molar-refractivity contribution >= 4 is 34.4 Å². The van der Waals surface area contributed by atoms with E-state index in [9.17, 15) is 19.5 Å². The molecule has 0 saturated carbocycles. The van der Waals surface area contributed by atoms with Crippen LogP contribution in [0.15, 0.2) is 91.0 Å². The van der Waals surface area contributed by atoms with Crippen LogP contribution in [0.1, 0.15) is 26.4 Å². The Hall–Kier alpha value is -4.52. The van der Waals surface area contributed by atoms with Gasteiger partial charge in [-0.05, 0) is 29.8 Å². The molecule has 1 unspecified atom stereocenters. The monoisotopic (exact) mass is 439 g/mol. The molecule has 0 fully saturated rings. The molecule has 3 N–H and O–H groups in total. The molecule has 1 aromatic heterocycles. The minimum Gasteiger partial charge on any atom is -0.480 e. The first-order valence-corrected chi connectivity index (χ1v) is 10.3. The number of nitrogens with one attached hydrogen (secondary N) is 2. The molecule has 0 aliphatic carbocycles. The van der Waals surface area contributed by atoms with Gasteiger partial charge in [-0.25, -0.2) is 9.78 Å². The van der Waals surface area contributed by atoms with Gasteiger partial charge in [0.05, 0.1) is 16.8 Å². The summed E-state index contributed by atoms with van der Waals surface area (Å²) in [4.78, 5) is 41.8. The number of carboxylic acids is 1. The first-order chi connectivity index (χ1) is 16.0. The van der Waals surface area contributed by atoms with Crippen LogP contribution in [0.2, 0.25) is 0 Å². The second-order valence-corrected chi connectivity index (χ2v) is 7.44. The summed E-state index contributed by atoms with van der Waals surface area (Å²) < 4.78 is 0. The van der Waals surface area contributed by atoms with E-state index in [0.717, 1.165) is 10.9 Å². The molecule has 7 nitrogen and oxygen atoms in total. The van der Waals surface area contributed by atoms with Crippen molar-refractivity contribution in [2.24, 2.45) is 0 Å². The summed E-state index contributed by atoms with van der Waals surface area (Å²) in [6.07, 6.45) is 0.136. The van der Waals surface area contributed by atoms with E-state index in [0.29, 0.717) is 5.52 Å². The molecule has 33 heavy (non-hydrogen) atoms. The van der Waals surface area contributed by atoms with E-state index >= 15 is 0 Å². The van der Waals surface area contributed by atoms with Crippen LogP contribution in [-0.4, -0.2) is 33.9 Å². The third-order valence-electron chi connectivity index (χ3n) is 5.14. The summed E-state index contributed by atoms with van der Waals surface area (Å²) in [6, 6.07) is 25.2. The fourth-order valence-corrected chi connectivity index (χ4v) is 3.45. The number of benzene rings is 3. The third kappa shape index (κ3) is 5.22. The first kappa shape index (κ1) is 21.7. The summed E-state index contributed by atoms with van der Waals surface area (Å²) in [5.41, 5.74) is 2.09. The van der Waals surface area contributed by atoms with Crippen molar-refractivity contribution in [1.29, 1.82) is 0 Å². The number of amides is 2. The lowest BCUT2D eigenvalue weighted by molar-refractivity contribution is -0.139. The van der Waals surface area contributed by atoms with E-state index in [-0.39, 0.29) is 23.4 Å². The number of aromatic nitrogens is 1. The minimum absolute atomic E-state index is 0.136. The molecule has 1 atom stereocenters. The predicted molar refractivity (Wildman–Crippen MR) is 125 cm³/mol. The van der Waals surface area contributed by atoms with Crippen molar-refractivity contribution in [3.8, 4) is 0 Å². The molecule has 4 aromatic rings. The van der Waals surface area contributed by atoms with Gasteiger partial charge in [0, 0.05) is 11.8 Å². The van der Waals surface area contributed by atoms with Crippen molar-refractivity contribution in [2.75, 3.05) is 5.32 Å². The fraction of sp³-hybridized carbons (Fsp3) is 0.0769. The molecule has 7 heteroatoms. The number of aliphatic carboxylic acids is 1. The van der Waals surface area contributed by atoms with Gasteiger partial charge in [-0.1, -0.05) is 66.7 Å². The SMILES string of the molecule is O=C(Nc1ccccc1C(=O)NC(Cc1ccccc1)C(=O)O)c1ccc2ccccc2n1. The highest BCUT2D eigenvalue weighted by Crippen LogP contribution is 2.18. The highest BCUT2D eigenvalue weighted by Gasteiger charge is 2.23. The van der Waals surface area contributed by atoms with Crippen LogP contribution < -0.4 is 10.6 Å². The Labute approximate surface area is 190 Å². The van der Waals surface area contributed by atoms with Gasteiger partial charge in [0.25, 0.3) is 11.8 Å². The minimum atomic E-state index is -1.14. The van der Waals surface area contributed by atoms with E-state index in [4.69, 9.17) is 0 Å². The molecule has 0 bridgehead atoms. The number of para-hydroxylation sites is 2. The maximum absolute atomic E-state index is 12.9. The molecule has 0 saturated heterocycles. The van der Waals surface area contributed by atoms with E-state index in [1.165, 1.54) is 6.07 Å². The molecule has 1 heterocycles. The molecular weight excluding hydrogens is 418 g/mol. The lowest BCUT2D eigenvalue weighted by Crippen LogP contribution is -2.42. The van der Waals surface area contributed by atoms with E-state index < -0.39 is 23.8 Å². The van der Waals surface area contributed by atoms with Crippen LogP contribution in [0.4, 0.5) is 5.69 Å². The zero-order valence-corrected chi connectivity index (χ0v) is 17.6. The highest BCUT2D eigenvalue weighted by molar-refractivity contribution is 6.09. The molecule has 164 valence electrons. The lowest BCUT2D eigenvalue weighted by atomic mass is 10.1. The smallest absolute Gasteiger partial charge is 0.326 e. The van der Waals surface area contributed by atoms with E-state index in [1.807, 2.05) is 42.5 Å². The zero-order valence-electron chi connectivity index (χ0n) is 17.6. The average molecular weight is 439 g/mol.